The fourth-order valence-electron chi connectivity index (χ4n) is 2.27. The van der Waals surface area contributed by atoms with Gasteiger partial charge in [0, 0.05) is 18.0 Å². The molecule has 2 aromatic heterocycles. The van der Waals surface area contributed by atoms with Gasteiger partial charge in [-0.1, -0.05) is 23.4 Å². The molecule has 0 aromatic carbocycles. The summed E-state index contributed by atoms with van der Waals surface area (Å²) in [6.45, 7) is 0. The van der Waals surface area contributed by atoms with Crippen LogP contribution in [0.25, 0.3) is 0 Å². The molecule has 0 bridgehead atoms. The molecule has 0 atom stereocenters. The third kappa shape index (κ3) is 2.91. The summed E-state index contributed by atoms with van der Waals surface area (Å²) in [5.41, 5.74) is 0. The van der Waals surface area contributed by atoms with Crippen molar-refractivity contribution in [3.05, 3.63) is 17.0 Å². The van der Waals surface area contributed by atoms with Crippen molar-refractivity contribution in [2.45, 2.75) is 53.0 Å². The molecule has 2 aromatic rings. The van der Waals surface area contributed by atoms with Crippen molar-refractivity contribution >= 4 is 35.1 Å². The lowest BCUT2D eigenvalue weighted by molar-refractivity contribution is 0.626. The average Bonchev–Trinajstić information content (AvgIpc) is 3.37. The smallest absolute Gasteiger partial charge is 0.197 e. The van der Waals surface area contributed by atoms with Gasteiger partial charge in [-0.05, 0) is 43.7 Å². The molecule has 0 N–H and O–H groups in total. The molecule has 0 amide bonds. The van der Waals surface area contributed by atoms with Crippen LogP contribution in [0.15, 0.2) is 21.4 Å². The summed E-state index contributed by atoms with van der Waals surface area (Å²) in [4.78, 5) is 8.66. The van der Waals surface area contributed by atoms with Crippen molar-refractivity contribution in [3.63, 3.8) is 0 Å². The van der Waals surface area contributed by atoms with Crippen LogP contribution in [0.2, 0.25) is 5.15 Å². The molecule has 110 valence electrons. The Morgan fingerprint density at radius 3 is 2.67 bits per heavy atom. The highest BCUT2D eigenvalue weighted by Gasteiger charge is 2.36. The average molecular weight is 340 g/mol. The molecule has 0 spiro atoms. The number of nitrogens with zero attached hydrogens (tertiary/aromatic N) is 5. The molecule has 2 aliphatic carbocycles. The van der Waals surface area contributed by atoms with Crippen molar-refractivity contribution < 1.29 is 0 Å². The highest BCUT2D eigenvalue weighted by molar-refractivity contribution is 7.99. The lowest BCUT2D eigenvalue weighted by atomic mass is 10.4. The quantitative estimate of drug-likeness (QED) is 0.469. The molecule has 2 fully saturated rings. The second kappa shape index (κ2) is 5.44. The van der Waals surface area contributed by atoms with Crippen molar-refractivity contribution in [1.29, 1.82) is 0 Å². The van der Waals surface area contributed by atoms with Gasteiger partial charge in [0.05, 0.1) is 0 Å². The zero-order valence-electron chi connectivity index (χ0n) is 11.5. The molecule has 0 aliphatic heterocycles. The summed E-state index contributed by atoms with van der Waals surface area (Å²) in [5, 5.41) is 11.7. The number of aromatic nitrogens is 5. The Balaban J connectivity index is 1.66. The first-order valence-electron chi connectivity index (χ1n) is 6.96. The van der Waals surface area contributed by atoms with Crippen LogP contribution in [-0.4, -0.2) is 31.0 Å². The van der Waals surface area contributed by atoms with E-state index in [-0.39, 0.29) is 0 Å². The largest absolute Gasteiger partial charge is 0.302 e. The molecular weight excluding hydrogens is 326 g/mol. The Hall–Kier alpha value is -0.790. The normalized spacial score (nSPS) is 18.2. The predicted molar refractivity (Wildman–Crippen MR) is 83.2 cm³/mol. The molecule has 4 rings (SSSR count). The Morgan fingerprint density at radius 2 is 2.00 bits per heavy atom. The van der Waals surface area contributed by atoms with Gasteiger partial charge in [-0.2, -0.15) is 0 Å². The molecule has 0 radical (unpaired) electrons. The van der Waals surface area contributed by atoms with E-state index in [1.165, 1.54) is 49.2 Å². The van der Waals surface area contributed by atoms with E-state index in [4.69, 9.17) is 11.6 Å². The molecule has 5 nitrogen and oxygen atoms in total. The fourth-order valence-corrected chi connectivity index (χ4v) is 3.92. The van der Waals surface area contributed by atoms with Crippen LogP contribution < -0.4 is 0 Å². The van der Waals surface area contributed by atoms with E-state index in [0.29, 0.717) is 22.3 Å². The fraction of sp³-hybridized carbons (Fsp3) is 0.538. The Labute approximate surface area is 136 Å². The summed E-state index contributed by atoms with van der Waals surface area (Å²) in [6, 6.07) is 2.37. The minimum Gasteiger partial charge on any atom is -0.302 e. The van der Waals surface area contributed by atoms with Gasteiger partial charge in [0.1, 0.15) is 16.0 Å². The number of halogens is 1. The summed E-state index contributed by atoms with van der Waals surface area (Å²) >= 11 is 9.08. The lowest BCUT2D eigenvalue weighted by Crippen LogP contribution is -2.02. The van der Waals surface area contributed by atoms with Crippen molar-refractivity contribution in [2.24, 2.45) is 0 Å². The van der Waals surface area contributed by atoms with E-state index in [9.17, 15) is 0 Å². The first-order valence-corrected chi connectivity index (χ1v) is 9.37. The van der Waals surface area contributed by atoms with Crippen LogP contribution in [0.5, 0.6) is 0 Å². The van der Waals surface area contributed by atoms with Crippen LogP contribution in [0.1, 0.15) is 43.5 Å². The Kier molecular flexibility index (Phi) is 3.59. The molecule has 21 heavy (non-hydrogen) atoms. The van der Waals surface area contributed by atoms with E-state index >= 15 is 0 Å². The van der Waals surface area contributed by atoms with Gasteiger partial charge in [0.2, 0.25) is 0 Å². The van der Waals surface area contributed by atoms with E-state index in [1.807, 2.05) is 6.26 Å². The highest BCUT2D eigenvalue weighted by atomic mass is 35.5. The molecule has 8 heteroatoms. The van der Waals surface area contributed by atoms with E-state index in [0.717, 1.165) is 16.0 Å². The van der Waals surface area contributed by atoms with E-state index in [1.54, 1.807) is 6.07 Å². The van der Waals surface area contributed by atoms with Crippen LogP contribution in [0.4, 0.5) is 0 Å². The van der Waals surface area contributed by atoms with E-state index in [2.05, 4.69) is 24.7 Å². The van der Waals surface area contributed by atoms with Gasteiger partial charge in [-0.25, -0.2) is 9.97 Å². The number of thioether (sulfide) groups is 1. The monoisotopic (exact) mass is 339 g/mol. The highest BCUT2D eigenvalue weighted by Crippen LogP contribution is 2.46. The SMILES string of the molecule is CSc1nc(Cl)cc(Sc2nnc(C3CC3)n2C2CC2)n1. The summed E-state index contributed by atoms with van der Waals surface area (Å²) in [7, 11) is 0. The van der Waals surface area contributed by atoms with Gasteiger partial charge in [-0.15, -0.1) is 10.2 Å². The van der Waals surface area contributed by atoms with Gasteiger partial charge in [0.15, 0.2) is 10.3 Å². The molecular formula is C13H14ClN5S2. The number of rotatable bonds is 5. The van der Waals surface area contributed by atoms with Crippen LogP contribution >= 0.6 is 35.1 Å². The second-order valence-electron chi connectivity index (χ2n) is 5.33. The van der Waals surface area contributed by atoms with Gasteiger partial charge >= 0.3 is 0 Å². The van der Waals surface area contributed by atoms with Gasteiger partial charge in [0.25, 0.3) is 0 Å². The molecule has 2 saturated carbocycles. The first kappa shape index (κ1) is 13.8. The molecule has 2 aliphatic rings. The minimum atomic E-state index is 0.469. The van der Waals surface area contributed by atoms with Crippen molar-refractivity contribution in [3.8, 4) is 0 Å². The molecule has 0 saturated heterocycles. The first-order chi connectivity index (χ1) is 10.2. The Bertz CT molecular complexity index is 681. The number of hydrogen-bond donors (Lipinski definition) is 0. The number of hydrogen-bond acceptors (Lipinski definition) is 6. The van der Waals surface area contributed by atoms with E-state index < -0.39 is 0 Å². The third-order valence-electron chi connectivity index (χ3n) is 3.57. The molecule has 2 heterocycles. The summed E-state index contributed by atoms with van der Waals surface area (Å²) < 4.78 is 2.32. The summed E-state index contributed by atoms with van der Waals surface area (Å²) in [5.74, 6) is 1.77. The maximum atomic E-state index is 6.05. The standard InChI is InChI=1S/C13H14ClN5S2/c1-20-12-15-9(14)6-10(16-12)21-13-18-17-11(7-2-3-7)19(13)8-4-5-8/h6-8H,2-5H2,1H3. The minimum absolute atomic E-state index is 0.469. The zero-order chi connectivity index (χ0) is 14.4. The molecule has 0 unspecified atom stereocenters. The zero-order valence-corrected chi connectivity index (χ0v) is 13.9. The second-order valence-corrected chi connectivity index (χ2v) is 7.48. The predicted octanol–water partition coefficient (Wildman–Crippen LogP) is 3.81. The van der Waals surface area contributed by atoms with Crippen LogP contribution in [0, 0.1) is 0 Å². The maximum Gasteiger partial charge on any atom is 0.197 e. The van der Waals surface area contributed by atoms with Crippen LogP contribution in [-0.2, 0) is 0 Å². The van der Waals surface area contributed by atoms with Crippen LogP contribution in [0.3, 0.4) is 0 Å². The lowest BCUT2D eigenvalue weighted by Gasteiger charge is -2.08. The maximum absolute atomic E-state index is 6.05. The van der Waals surface area contributed by atoms with Crippen molar-refractivity contribution in [2.75, 3.05) is 6.26 Å². The topological polar surface area (TPSA) is 56.5 Å². The summed E-state index contributed by atoms with van der Waals surface area (Å²) in [6.07, 6.45) is 6.88. The third-order valence-corrected chi connectivity index (χ3v) is 5.20. The van der Waals surface area contributed by atoms with Crippen molar-refractivity contribution in [1.82, 2.24) is 24.7 Å². The van der Waals surface area contributed by atoms with Gasteiger partial charge in [-0.3, -0.25) is 0 Å². The Morgan fingerprint density at radius 1 is 1.19 bits per heavy atom. The van der Waals surface area contributed by atoms with Gasteiger partial charge < -0.3 is 4.57 Å².